The number of anilines is 1. The van der Waals surface area contributed by atoms with Crippen molar-refractivity contribution >= 4 is 23.1 Å². The van der Waals surface area contributed by atoms with E-state index in [0.717, 1.165) is 11.3 Å². The molecule has 0 aliphatic carbocycles. The van der Waals surface area contributed by atoms with E-state index in [2.05, 4.69) is 9.97 Å². The Morgan fingerprint density at radius 1 is 1.35 bits per heavy atom. The number of carboxylic acids is 1. The van der Waals surface area contributed by atoms with Gasteiger partial charge in [-0.2, -0.15) is 0 Å². The van der Waals surface area contributed by atoms with Crippen molar-refractivity contribution in [2.75, 3.05) is 18.0 Å². The number of carboxylic acid groups (broad SMARTS) is 1. The van der Waals surface area contributed by atoms with Crippen LogP contribution in [0.3, 0.4) is 0 Å². The van der Waals surface area contributed by atoms with Crippen molar-refractivity contribution in [2.45, 2.75) is 18.8 Å². The molecule has 2 aromatic heterocycles. The van der Waals surface area contributed by atoms with Gasteiger partial charge < -0.3 is 10.0 Å². The number of rotatable bonds is 3. The fourth-order valence-electron chi connectivity index (χ4n) is 2.35. The molecule has 0 spiro atoms. The van der Waals surface area contributed by atoms with Crippen LogP contribution in [-0.4, -0.2) is 40.1 Å². The quantitative estimate of drug-likeness (QED) is 0.926. The summed E-state index contributed by atoms with van der Waals surface area (Å²) in [6, 6.07) is 1.19. The average molecular weight is 343 g/mol. The molecule has 0 amide bonds. The molecule has 122 valence electrons. The highest BCUT2D eigenvalue weighted by atomic mass is 32.1. The zero-order valence-corrected chi connectivity index (χ0v) is 12.6. The molecule has 0 atom stereocenters. The van der Waals surface area contributed by atoms with Crippen molar-refractivity contribution in [1.29, 1.82) is 0 Å². The van der Waals surface area contributed by atoms with Crippen LogP contribution in [0.5, 0.6) is 0 Å². The summed E-state index contributed by atoms with van der Waals surface area (Å²) >= 11 is 0.936. The molecule has 0 radical (unpaired) electrons. The molecule has 0 unspecified atom stereocenters. The minimum atomic E-state index is -2.71. The van der Waals surface area contributed by atoms with Crippen LogP contribution in [0, 0.1) is 5.82 Å². The molecule has 3 rings (SSSR count). The summed E-state index contributed by atoms with van der Waals surface area (Å²) in [6.45, 7) is 0.0757. The lowest BCUT2D eigenvalue weighted by Crippen LogP contribution is -2.40. The van der Waals surface area contributed by atoms with Crippen molar-refractivity contribution in [3.8, 4) is 11.3 Å². The van der Waals surface area contributed by atoms with Crippen molar-refractivity contribution in [3.63, 3.8) is 0 Å². The monoisotopic (exact) mass is 343 g/mol. The first kappa shape index (κ1) is 15.7. The van der Waals surface area contributed by atoms with Gasteiger partial charge in [-0.15, -0.1) is 11.3 Å². The minimum Gasteiger partial charge on any atom is -0.476 e. The molecular weight excluding hydrogens is 331 g/mol. The number of carbonyl (C=O) groups is 1. The van der Waals surface area contributed by atoms with E-state index in [1.807, 2.05) is 0 Å². The number of piperidine rings is 1. The summed E-state index contributed by atoms with van der Waals surface area (Å²) in [7, 11) is 0. The van der Waals surface area contributed by atoms with Gasteiger partial charge in [-0.05, 0) is 6.07 Å². The number of aromatic carboxylic acids is 1. The molecule has 23 heavy (non-hydrogen) atoms. The SMILES string of the molecule is O=C(O)c1nc(-c2cnc(N3CCC(F)(F)CC3)c(F)c2)cs1. The number of halogens is 3. The van der Waals surface area contributed by atoms with E-state index in [-0.39, 0.29) is 36.8 Å². The number of aromatic nitrogens is 2. The van der Waals surface area contributed by atoms with Crippen molar-refractivity contribution in [3.05, 3.63) is 28.5 Å². The molecular formula is C14H12F3N3O2S. The number of thiazole rings is 1. The maximum atomic E-state index is 14.2. The highest BCUT2D eigenvalue weighted by molar-refractivity contribution is 7.11. The summed E-state index contributed by atoms with van der Waals surface area (Å²) in [5.74, 6) is -4.48. The van der Waals surface area contributed by atoms with Gasteiger partial charge in [-0.3, -0.25) is 0 Å². The van der Waals surface area contributed by atoms with Gasteiger partial charge in [0, 0.05) is 43.1 Å². The van der Waals surface area contributed by atoms with Crippen LogP contribution < -0.4 is 4.90 Å². The number of alkyl halides is 2. The van der Waals surface area contributed by atoms with Crippen LogP contribution in [-0.2, 0) is 0 Å². The second kappa shape index (κ2) is 5.80. The van der Waals surface area contributed by atoms with Gasteiger partial charge in [0.1, 0.15) is 0 Å². The Labute approximate surface area is 133 Å². The zero-order chi connectivity index (χ0) is 16.6. The summed E-state index contributed by atoms with van der Waals surface area (Å²) in [5.41, 5.74) is 0.660. The molecule has 5 nitrogen and oxygen atoms in total. The maximum absolute atomic E-state index is 14.2. The largest absolute Gasteiger partial charge is 0.476 e. The number of hydrogen-bond donors (Lipinski definition) is 1. The van der Waals surface area contributed by atoms with Gasteiger partial charge in [0.15, 0.2) is 11.6 Å². The van der Waals surface area contributed by atoms with Crippen LogP contribution in [0.4, 0.5) is 19.0 Å². The summed E-state index contributed by atoms with van der Waals surface area (Å²) < 4.78 is 40.5. The van der Waals surface area contributed by atoms with Crippen LogP contribution >= 0.6 is 11.3 Å². The highest BCUT2D eigenvalue weighted by Gasteiger charge is 2.35. The zero-order valence-electron chi connectivity index (χ0n) is 11.8. The number of nitrogens with zero attached hydrogens (tertiary/aromatic N) is 3. The number of hydrogen-bond acceptors (Lipinski definition) is 5. The molecule has 3 heterocycles. The van der Waals surface area contributed by atoms with Gasteiger partial charge in [0.2, 0.25) is 5.01 Å². The van der Waals surface area contributed by atoms with Crippen molar-refractivity contribution in [1.82, 2.24) is 9.97 Å². The summed E-state index contributed by atoms with van der Waals surface area (Å²) in [4.78, 5) is 20.2. The molecule has 1 N–H and O–H groups in total. The topological polar surface area (TPSA) is 66.3 Å². The number of pyridine rings is 1. The van der Waals surface area contributed by atoms with E-state index in [9.17, 15) is 18.0 Å². The predicted octanol–water partition coefficient (Wildman–Crippen LogP) is 3.28. The molecule has 0 aromatic carbocycles. The van der Waals surface area contributed by atoms with Crippen LogP contribution in [0.1, 0.15) is 22.6 Å². The molecule has 1 aliphatic heterocycles. The second-order valence-electron chi connectivity index (χ2n) is 5.22. The van der Waals surface area contributed by atoms with E-state index < -0.39 is 17.7 Å². The second-order valence-corrected chi connectivity index (χ2v) is 6.07. The molecule has 0 saturated carbocycles. The lowest BCUT2D eigenvalue weighted by atomic mass is 10.1. The smallest absolute Gasteiger partial charge is 0.365 e. The van der Waals surface area contributed by atoms with E-state index in [0.29, 0.717) is 11.3 Å². The Morgan fingerprint density at radius 3 is 2.61 bits per heavy atom. The van der Waals surface area contributed by atoms with Crippen molar-refractivity contribution in [2.24, 2.45) is 0 Å². The Morgan fingerprint density at radius 2 is 2.04 bits per heavy atom. The highest BCUT2D eigenvalue weighted by Crippen LogP contribution is 2.32. The van der Waals surface area contributed by atoms with Gasteiger partial charge in [0.05, 0.1) is 5.69 Å². The van der Waals surface area contributed by atoms with Crippen LogP contribution in [0.2, 0.25) is 0 Å². The van der Waals surface area contributed by atoms with E-state index in [4.69, 9.17) is 5.11 Å². The normalized spacial score (nSPS) is 17.3. The van der Waals surface area contributed by atoms with Gasteiger partial charge in [-0.25, -0.2) is 27.9 Å². The average Bonchev–Trinajstić information content (AvgIpc) is 2.98. The van der Waals surface area contributed by atoms with Gasteiger partial charge in [-0.1, -0.05) is 0 Å². The lowest BCUT2D eigenvalue weighted by Gasteiger charge is -2.32. The Kier molecular flexibility index (Phi) is 3.97. The first-order chi connectivity index (χ1) is 10.9. The third-order valence-electron chi connectivity index (χ3n) is 3.60. The molecule has 1 saturated heterocycles. The standard InChI is InChI=1S/C14H12F3N3O2S/c15-9-5-8(10-7-23-12(19-10)13(21)22)6-18-11(9)20-3-1-14(16,17)2-4-20/h5-7H,1-4H2,(H,21,22). The fourth-order valence-corrected chi connectivity index (χ4v) is 3.02. The van der Waals surface area contributed by atoms with Gasteiger partial charge >= 0.3 is 5.97 Å². The third kappa shape index (κ3) is 3.29. The lowest BCUT2D eigenvalue weighted by molar-refractivity contribution is -0.0222. The third-order valence-corrected chi connectivity index (χ3v) is 4.43. The first-order valence-corrected chi connectivity index (χ1v) is 7.71. The van der Waals surface area contributed by atoms with E-state index in [1.54, 1.807) is 0 Å². The van der Waals surface area contributed by atoms with Crippen molar-refractivity contribution < 1.29 is 23.1 Å². The first-order valence-electron chi connectivity index (χ1n) is 6.83. The van der Waals surface area contributed by atoms with E-state index in [1.165, 1.54) is 22.5 Å². The molecule has 1 fully saturated rings. The van der Waals surface area contributed by atoms with E-state index >= 15 is 0 Å². The molecule has 2 aromatic rings. The molecule has 9 heteroatoms. The fraction of sp³-hybridized carbons (Fsp3) is 0.357. The minimum absolute atomic E-state index is 0.0259. The Balaban J connectivity index is 1.82. The maximum Gasteiger partial charge on any atom is 0.365 e. The summed E-state index contributed by atoms with van der Waals surface area (Å²) in [5, 5.41) is 10.3. The van der Waals surface area contributed by atoms with Crippen LogP contribution in [0.25, 0.3) is 11.3 Å². The molecule has 1 aliphatic rings. The Bertz CT molecular complexity index is 741. The molecule has 0 bridgehead atoms. The predicted molar refractivity (Wildman–Crippen MR) is 78.7 cm³/mol. The summed E-state index contributed by atoms with van der Waals surface area (Å²) in [6.07, 6.45) is 0.708. The van der Waals surface area contributed by atoms with Crippen LogP contribution in [0.15, 0.2) is 17.6 Å². The Hall–Kier alpha value is -2.16. The van der Waals surface area contributed by atoms with Gasteiger partial charge in [0.25, 0.3) is 5.92 Å².